The minimum atomic E-state index is -0.749. The van der Waals surface area contributed by atoms with Crippen LogP contribution in [0.3, 0.4) is 0 Å². The lowest BCUT2D eigenvalue weighted by atomic mass is 10.1. The fourth-order valence-electron chi connectivity index (χ4n) is 1.66. The van der Waals surface area contributed by atoms with Crippen LogP contribution >= 0.6 is 11.6 Å². The lowest BCUT2D eigenvalue weighted by Gasteiger charge is -2.25. The van der Waals surface area contributed by atoms with Crippen LogP contribution in [0.4, 0.5) is 4.39 Å². The number of aliphatic hydroxyl groups is 1. The molecule has 0 aliphatic carbocycles. The molecule has 0 aromatic heterocycles. The highest BCUT2D eigenvalue weighted by molar-refractivity contribution is 6.31. The van der Waals surface area contributed by atoms with E-state index in [2.05, 4.69) is 0 Å². The Labute approximate surface area is 101 Å². The van der Waals surface area contributed by atoms with E-state index in [4.69, 9.17) is 11.6 Å². The van der Waals surface area contributed by atoms with Gasteiger partial charge in [-0.3, -0.25) is 4.90 Å². The molecule has 0 heterocycles. The fourth-order valence-corrected chi connectivity index (χ4v) is 1.88. The van der Waals surface area contributed by atoms with E-state index in [-0.39, 0.29) is 5.82 Å². The Hall–Kier alpha value is -0.640. The number of benzene rings is 1. The maximum atomic E-state index is 12.8. The molecule has 0 fully saturated rings. The second-order valence-corrected chi connectivity index (χ2v) is 5.13. The number of hydrogen-bond donors (Lipinski definition) is 1. The average molecular weight is 246 g/mol. The summed E-state index contributed by atoms with van der Waals surface area (Å²) in [5.74, 6) is -0.334. The molecule has 0 bridgehead atoms. The van der Waals surface area contributed by atoms with Gasteiger partial charge in [-0.05, 0) is 38.6 Å². The van der Waals surface area contributed by atoms with Gasteiger partial charge in [-0.1, -0.05) is 17.7 Å². The van der Waals surface area contributed by atoms with Crippen molar-refractivity contribution in [3.63, 3.8) is 0 Å². The third kappa shape index (κ3) is 4.47. The normalized spacial score (nSPS) is 12.2. The van der Waals surface area contributed by atoms with Crippen LogP contribution in [0.2, 0.25) is 5.02 Å². The Kier molecular flexibility index (Phi) is 4.30. The van der Waals surface area contributed by atoms with E-state index in [1.165, 1.54) is 12.1 Å². The second-order valence-electron chi connectivity index (χ2n) is 4.72. The van der Waals surface area contributed by atoms with Crippen molar-refractivity contribution in [3.05, 3.63) is 34.6 Å². The highest BCUT2D eigenvalue weighted by Crippen LogP contribution is 2.19. The maximum Gasteiger partial charge on any atom is 0.124 e. The molecule has 0 amide bonds. The molecule has 0 atom stereocenters. The first-order valence-electron chi connectivity index (χ1n) is 5.13. The van der Waals surface area contributed by atoms with E-state index in [0.717, 1.165) is 5.56 Å². The van der Waals surface area contributed by atoms with Gasteiger partial charge in [0.25, 0.3) is 0 Å². The highest BCUT2D eigenvalue weighted by atomic mass is 35.5. The minimum absolute atomic E-state index is 0.334. The minimum Gasteiger partial charge on any atom is -0.389 e. The van der Waals surface area contributed by atoms with Gasteiger partial charge in [0, 0.05) is 18.1 Å². The van der Waals surface area contributed by atoms with Crippen molar-refractivity contribution in [2.45, 2.75) is 26.0 Å². The number of likely N-dealkylation sites (N-methyl/N-ethyl adjacent to an activating group) is 1. The first kappa shape index (κ1) is 13.4. The Bertz CT molecular complexity index is 363. The molecular weight excluding hydrogens is 229 g/mol. The highest BCUT2D eigenvalue weighted by Gasteiger charge is 2.16. The van der Waals surface area contributed by atoms with Gasteiger partial charge in [0.2, 0.25) is 0 Å². The lowest BCUT2D eigenvalue weighted by Crippen LogP contribution is -2.35. The molecule has 1 aromatic carbocycles. The van der Waals surface area contributed by atoms with Crippen LogP contribution in [0.1, 0.15) is 19.4 Å². The van der Waals surface area contributed by atoms with Gasteiger partial charge in [0.05, 0.1) is 5.60 Å². The molecule has 1 rings (SSSR count). The van der Waals surface area contributed by atoms with E-state index in [0.29, 0.717) is 18.1 Å². The van der Waals surface area contributed by atoms with E-state index in [9.17, 15) is 9.50 Å². The Morgan fingerprint density at radius 2 is 2.06 bits per heavy atom. The van der Waals surface area contributed by atoms with Gasteiger partial charge in [-0.2, -0.15) is 0 Å². The van der Waals surface area contributed by atoms with Crippen LogP contribution in [0.5, 0.6) is 0 Å². The van der Waals surface area contributed by atoms with E-state index >= 15 is 0 Å². The number of nitrogens with zero attached hydrogens (tertiary/aromatic N) is 1. The maximum absolute atomic E-state index is 12.8. The Morgan fingerprint density at radius 1 is 1.44 bits per heavy atom. The van der Waals surface area contributed by atoms with Gasteiger partial charge in [-0.25, -0.2) is 4.39 Å². The molecule has 0 radical (unpaired) electrons. The summed E-state index contributed by atoms with van der Waals surface area (Å²) >= 11 is 5.92. The van der Waals surface area contributed by atoms with E-state index in [1.54, 1.807) is 19.9 Å². The summed E-state index contributed by atoms with van der Waals surface area (Å²) < 4.78 is 12.8. The average Bonchev–Trinajstić information content (AvgIpc) is 2.06. The summed E-state index contributed by atoms with van der Waals surface area (Å²) in [6.45, 7) is 4.61. The molecule has 1 aromatic rings. The number of halogens is 2. The van der Waals surface area contributed by atoms with Crippen molar-refractivity contribution in [1.29, 1.82) is 0 Å². The zero-order chi connectivity index (χ0) is 12.3. The predicted octanol–water partition coefficient (Wildman–Crippen LogP) is 2.68. The summed E-state index contributed by atoms with van der Waals surface area (Å²) in [4.78, 5) is 1.94. The smallest absolute Gasteiger partial charge is 0.124 e. The standard InChI is InChI=1S/C12H17ClFNO/c1-12(2,16)8-15(3)7-9-4-5-10(14)6-11(9)13/h4-6,16H,7-8H2,1-3H3. The SMILES string of the molecule is CN(Cc1ccc(F)cc1Cl)CC(C)(C)O. The van der Waals surface area contributed by atoms with Crippen LogP contribution < -0.4 is 0 Å². The van der Waals surface area contributed by atoms with Crippen LogP contribution in [0.25, 0.3) is 0 Å². The quantitative estimate of drug-likeness (QED) is 0.882. The molecule has 0 unspecified atom stereocenters. The van der Waals surface area contributed by atoms with Gasteiger partial charge in [0.1, 0.15) is 5.82 Å². The molecule has 0 aliphatic heterocycles. The largest absolute Gasteiger partial charge is 0.389 e. The third-order valence-electron chi connectivity index (χ3n) is 2.11. The molecule has 1 N–H and O–H groups in total. The molecule has 2 nitrogen and oxygen atoms in total. The van der Waals surface area contributed by atoms with Crippen molar-refractivity contribution >= 4 is 11.6 Å². The Balaban J connectivity index is 2.66. The second kappa shape index (κ2) is 5.13. The van der Waals surface area contributed by atoms with Gasteiger partial charge >= 0.3 is 0 Å². The third-order valence-corrected chi connectivity index (χ3v) is 2.46. The molecule has 0 aliphatic rings. The van der Waals surface area contributed by atoms with E-state index < -0.39 is 5.60 Å². The molecule has 90 valence electrons. The summed E-state index contributed by atoms with van der Waals surface area (Å²) in [5, 5.41) is 10.1. The zero-order valence-corrected chi connectivity index (χ0v) is 10.6. The molecule has 0 saturated heterocycles. The summed E-state index contributed by atoms with van der Waals surface area (Å²) in [7, 11) is 1.89. The van der Waals surface area contributed by atoms with Crippen LogP contribution in [0.15, 0.2) is 18.2 Å². The van der Waals surface area contributed by atoms with Crippen molar-refractivity contribution in [2.75, 3.05) is 13.6 Å². The summed E-state index contributed by atoms with van der Waals surface area (Å²) in [5.41, 5.74) is 0.108. The topological polar surface area (TPSA) is 23.5 Å². The molecule has 0 spiro atoms. The van der Waals surface area contributed by atoms with Crippen LogP contribution in [-0.4, -0.2) is 29.2 Å². The Morgan fingerprint density at radius 3 is 2.56 bits per heavy atom. The monoisotopic (exact) mass is 245 g/mol. The van der Waals surface area contributed by atoms with Crippen LogP contribution in [-0.2, 0) is 6.54 Å². The molecule has 16 heavy (non-hydrogen) atoms. The number of hydrogen-bond acceptors (Lipinski definition) is 2. The van der Waals surface area contributed by atoms with Gasteiger partial charge in [0.15, 0.2) is 0 Å². The van der Waals surface area contributed by atoms with Crippen molar-refractivity contribution in [1.82, 2.24) is 4.90 Å². The number of rotatable bonds is 4. The zero-order valence-electron chi connectivity index (χ0n) is 9.80. The van der Waals surface area contributed by atoms with Crippen molar-refractivity contribution in [2.24, 2.45) is 0 Å². The summed E-state index contributed by atoms with van der Waals surface area (Å²) in [6, 6.07) is 4.35. The first-order chi connectivity index (χ1) is 7.28. The van der Waals surface area contributed by atoms with E-state index in [1.807, 2.05) is 11.9 Å². The fraction of sp³-hybridized carbons (Fsp3) is 0.500. The molecule has 4 heteroatoms. The van der Waals surface area contributed by atoms with Crippen LogP contribution in [0, 0.1) is 5.82 Å². The van der Waals surface area contributed by atoms with Gasteiger partial charge in [-0.15, -0.1) is 0 Å². The first-order valence-corrected chi connectivity index (χ1v) is 5.50. The molecular formula is C12H17ClFNO. The summed E-state index contributed by atoms with van der Waals surface area (Å²) in [6.07, 6.45) is 0. The van der Waals surface area contributed by atoms with Crippen molar-refractivity contribution in [3.8, 4) is 0 Å². The van der Waals surface area contributed by atoms with Gasteiger partial charge < -0.3 is 5.11 Å². The molecule has 0 saturated carbocycles. The lowest BCUT2D eigenvalue weighted by molar-refractivity contribution is 0.0425. The predicted molar refractivity (Wildman–Crippen MR) is 64.0 cm³/mol. The van der Waals surface area contributed by atoms with Crippen molar-refractivity contribution < 1.29 is 9.50 Å².